The summed E-state index contributed by atoms with van der Waals surface area (Å²) in [4.78, 5) is 20.2. The molecule has 0 radical (unpaired) electrons. The molecule has 0 spiro atoms. The second-order valence-corrected chi connectivity index (χ2v) is 8.35. The molecule has 3 aromatic heterocycles. The molecule has 5 heterocycles. The predicted octanol–water partition coefficient (Wildman–Crippen LogP) is 2.19. The Balaban J connectivity index is 1.65. The molecular formula is C20H26N6O2S. The molecule has 0 unspecified atom stereocenters. The van der Waals surface area contributed by atoms with Gasteiger partial charge in [0.15, 0.2) is 0 Å². The summed E-state index contributed by atoms with van der Waals surface area (Å²) in [5, 5.41) is 4.50. The van der Waals surface area contributed by atoms with Crippen molar-refractivity contribution in [2.24, 2.45) is 0 Å². The molecule has 5 rings (SSSR count). The number of hydrogen-bond donors (Lipinski definition) is 1. The minimum absolute atomic E-state index is 0.576. The van der Waals surface area contributed by atoms with Crippen LogP contribution in [0.3, 0.4) is 0 Å². The summed E-state index contributed by atoms with van der Waals surface area (Å²) >= 11 is 1.63. The first kappa shape index (κ1) is 18.8. The topological polar surface area (TPSA) is 75.6 Å². The molecule has 3 aromatic rings. The number of pyridine rings is 1. The molecule has 0 saturated carbocycles. The number of hydrogen-bond acceptors (Lipinski definition) is 9. The molecule has 0 aliphatic carbocycles. The molecule has 2 aliphatic rings. The molecule has 2 fully saturated rings. The van der Waals surface area contributed by atoms with E-state index in [9.17, 15) is 0 Å². The van der Waals surface area contributed by atoms with Gasteiger partial charge in [0.2, 0.25) is 11.8 Å². The Kier molecular flexibility index (Phi) is 5.11. The maximum Gasteiger partial charge on any atom is 0.236 e. The van der Waals surface area contributed by atoms with Crippen molar-refractivity contribution in [1.82, 2.24) is 20.3 Å². The van der Waals surface area contributed by atoms with E-state index in [0.29, 0.717) is 12.5 Å². The normalized spacial score (nSPS) is 18.0. The van der Waals surface area contributed by atoms with Crippen molar-refractivity contribution in [2.75, 3.05) is 68.9 Å². The van der Waals surface area contributed by atoms with Gasteiger partial charge in [-0.15, -0.1) is 11.3 Å². The number of aryl methyl sites for hydroxylation is 1. The van der Waals surface area contributed by atoms with Gasteiger partial charge in [0.25, 0.3) is 0 Å². The highest BCUT2D eigenvalue weighted by Crippen LogP contribution is 2.40. The van der Waals surface area contributed by atoms with E-state index in [1.54, 1.807) is 11.3 Å². The number of rotatable bonds is 4. The van der Waals surface area contributed by atoms with Crippen LogP contribution in [0.4, 0.5) is 11.8 Å². The Morgan fingerprint density at radius 2 is 1.90 bits per heavy atom. The highest BCUT2D eigenvalue weighted by Gasteiger charge is 2.22. The minimum atomic E-state index is 0.576. The zero-order valence-corrected chi connectivity index (χ0v) is 17.7. The Bertz CT molecular complexity index is 1030. The summed E-state index contributed by atoms with van der Waals surface area (Å²) < 4.78 is 12.4. The van der Waals surface area contributed by atoms with E-state index in [-0.39, 0.29) is 0 Å². The molecule has 0 amide bonds. The van der Waals surface area contributed by atoms with Crippen molar-refractivity contribution in [3.05, 3.63) is 11.6 Å². The number of morpholine rings is 1. The number of thiophene rings is 1. The van der Waals surface area contributed by atoms with Gasteiger partial charge >= 0.3 is 0 Å². The standard InChI is InChI=1S/C20H26N6O2S/c1-3-28-18-17-16(23-20(24-18)26-6-4-21-5-7-26)15-13(2)12-14(22-19(15)29-17)25-8-10-27-11-9-25/h12,21H,3-11H2,1-2H3. The number of aromatic nitrogens is 3. The molecule has 2 aliphatic heterocycles. The van der Waals surface area contributed by atoms with Gasteiger partial charge in [0, 0.05) is 44.7 Å². The Morgan fingerprint density at radius 1 is 1.10 bits per heavy atom. The average Bonchev–Trinajstić information content (AvgIpc) is 3.14. The average molecular weight is 415 g/mol. The zero-order valence-electron chi connectivity index (χ0n) is 16.9. The maximum atomic E-state index is 5.93. The third-order valence-corrected chi connectivity index (χ3v) is 6.50. The van der Waals surface area contributed by atoms with Gasteiger partial charge in [-0.3, -0.25) is 0 Å². The van der Waals surface area contributed by atoms with Gasteiger partial charge in [-0.25, -0.2) is 9.97 Å². The number of anilines is 2. The number of ether oxygens (including phenoxy) is 2. The highest BCUT2D eigenvalue weighted by atomic mass is 32.1. The lowest BCUT2D eigenvalue weighted by molar-refractivity contribution is 0.122. The molecule has 2 saturated heterocycles. The lowest BCUT2D eigenvalue weighted by Crippen LogP contribution is -2.44. The third kappa shape index (κ3) is 3.47. The summed E-state index contributed by atoms with van der Waals surface area (Å²) in [7, 11) is 0. The Morgan fingerprint density at radius 3 is 2.66 bits per heavy atom. The summed E-state index contributed by atoms with van der Waals surface area (Å²) in [6.07, 6.45) is 0. The Hall–Kier alpha value is -2.23. The van der Waals surface area contributed by atoms with Crippen LogP contribution < -0.4 is 19.9 Å². The summed E-state index contributed by atoms with van der Waals surface area (Å²) in [6, 6.07) is 2.17. The molecule has 0 atom stereocenters. The molecule has 8 nitrogen and oxygen atoms in total. The smallest absolute Gasteiger partial charge is 0.236 e. The second kappa shape index (κ2) is 7.89. The number of nitrogens with zero attached hydrogens (tertiary/aromatic N) is 5. The van der Waals surface area contributed by atoms with Crippen LogP contribution in [0, 0.1) is 6.92 Å². The molecule has 154 valence electrons. The fourth-order valence-corrected chi connectivity index (χ4v) is 5.09. The number of fused-ring (bicyclic) bond motifs is 3. The van der Waals surface area contributed by atoms with Crippen molar-refractivity contribution in [2.45, 2.75) is 13.8 Å². The van der Waals surface area contributed by atoms with Crippen LogP contribution in [0.15, 0.2) is 6.07 Å². The lowest BCUT2D eigenvalue weighted by atomic mass is 10.2. The van der Waals surface area contributed by atoms with Crippen molar-refractivity contribution in [3.8, 4) is 5.88 Å². The first-order valence-electron chi connectivity index (χ1n) is 10.3. The monoisotopic (exact) mass is 414 g/mol. The highest BCUT2D eigenvalue weighted by molar-refractivity contribution is 7.25. The lowest BCUT2D eigenvalue weighted by Gasteiger charge is -2.28. The van der Waals surface area contributed by atoms with Crippen LogP contribution in [0.2, 0.25) is 0 Å². The van der Waals surface area contributed by atoms with Crippen LogP contribution in [0.5, 0.6) is 5.88 Å². The number of piperazine rings is 1. The van der Waals surface area contributed by atoms with E-state index in [0.717, 1.165) is 84.7 Å². The second-order valence-electron chi connectivity index (χ2n) is 7.36. The zero-order chi connectivity index (χ0) is 19.8. The van der Waals surface area contributed by atoms with Crippen molar-refractivity contribution < 1.29 is 9.47 Å². The summed E-state index contributed by atoms with van der Waals surface area (Å²) in [5.41, 5.74) is 2.14. The summed E-state index contributed by atoms with van der Waals surface area (Å²) in [6.45, 7) is 11.7. The number of nitrogens with one attached hydrogen (secondary N) is 1. The van der Waals surface area contributed by atoms with E-state index in [1.807, 2.05) is 6.92 Å². The first-order valence-corrected chi connectivity index (χ1v) is 11.1. The van der Waals surface area contributed by atoms with Crippen molar-refractivity contribution >= 4 is 43.5 Å². The quantitative estimate of drug-likeness (QED) is 0.696. The van der Waals surface area contributed by atoms with E-state index >= 15 is 0 Å². The Labute approximate surface area is 173 Å². The van der Waals surface area contributed by atoms with Gasteiger partial charge in [-0.1, -0.05) is 0 Å². The van der Waals surface area contributed by atoms with E-state index in [1.165, 1.54) is 5.56 Å². The van der Waals surface area contributed by atoms with Gasteiger partial charge in [0.05, 0.1) is 19.8 Å². The molecular weight excluding hydrogens is 388 g/mol. The van der Waals surface area contributed by atoms with E-state index in [4.69, 9.17) is 24.4 Å². The van der Waals surface area contributed by atoms with Gasteiger partial charge < -0.3 is 24.6 Å². The SMILES string of the molecule is CCOc1nc(N2CCNCC2)nc2c1sc1nc(N3CCOCC3)cc(C)c12. The van der Waals surface area contributed by atoms with Gasteiger partial charge in [0.1, 0.15) is 20.9 Å². The molecule has 0 aromatic carbocycles. The third-order valence-electron chi connectivity index (χ3n) is 5.44. The van der Waals surface area contributed by atoms with Crippen LogP contribution >= 0.6 is 11.3 Å². The fourth-order valence-electron chi connectivity index (χ4n) is 3.96. The molecule has 9 heteroatoms. The molecule has 29 heavy (non-hydrogen) atoms. The fraction of sp³-hybridized carbons (Fsp3) is 0.550. The molecule has 0 bridgehead atoms. The summed E-state index contributed by atoms with van der Waals surface area (Å²) in [5.74, 6) is 2.43. The predicted molar refractivity (Wildman–Crippen MR) is 117 cm³/mol. The maximum absolute atomic E-state index is 5.93. The van der Waals surface area contributed by atoms with Gasteiger partial charge in [-0.05, 0) is 25.5 Å². The molecule has 1 N–H and O–H groups in total. The van der Waals surface area contributed by atoms with Crippen LogP contribution in [-0.2, 0) is 4.74 Å². The van der Waals surface area contributed by atoms with Crippen molar-refractivity contribution in [1.29, 1.82) is 0 Å². The minimum Gasteiger partial charge on any atom is -0.477 e. The van der Waals surface area contributed by atoms with E-state index in [2.05, 4.69) is 28.1 Å². The largest absolute Gasteiger partial charge is 0.477 e. The first-order chi connectivity index (χ1) is 14.2. The van der Waals surface area contributed by atoms with Crippen LogP contribution in [0.1, 0.15) is 12.5 Å². The van der Waals surface area contributed by atoms with Crippen molar-refractivity contribution in [3.63, 3.8) is 0 Å². The van der Waals surface area contributed by atoms with E-state index < -0.39 is 0 Å². The van der Waals surface area contributed by atoms with Crippen LogP contribution in [-0.4, -0.2) is 74.0 Å². The van der Waals surface area contributed by atoms with Gasteiger partial charge in [-0.2, -0.15) is 4.98 Å². The van der Waals surface area contributed by atoms with Crippen LogP contribution in [0.25, 0.3) is 20.4 Å².